The maximum Gasteiger partial charge on any atom is 0.333 e. The van der Waals surface area contributed by atoms with Gasteiger partial charge in [0, 0.05) is 20.0 Å². The fourth-order valence-corrected chi connectivity index (χ4v) is 3.67. The SMILES string of the molecule is CCCn1c(=O)n(Cc2ccccc2)c(=O)c2c1nc(Cc1ccccc1)n2C. The molecule has 6 heteroatoms. The van der Waals surface area contributed by atoms with Crippen LogP contribution in [0.4, 0.5) is 0 Å². The van der Waals surface area contributed by atoms with E-state index in [2.05, 4.69) is 0 Å². The highest BCUT2D eigenvalue weighted by atomic mass is 16.2. The van der Waals surface area contributed by atoms with E-state index in [1.807, 2.05) is 79.2 Å². The lowest BCUT2D eigenvalue weighted by Gasteiger charge is -2.11. The lowest BCUT2D eigenvalue weighted by molar-refractivity contribution is 0.588. The number of rotatable bonds is 6. The van der Waals surface area contributed by atoms with Gasteiger partial charge in [0.15, 0.2) is 11.2 Å². The van der Waals surface area contributed by atoms with Gasteiger partial charge in [-0.15, -0.1) is 0 Å². The number of aromatic nitrogens is 4. The summed E-state index contributed by atoms with van der Waals surface area (Å²) in [4.78, 5) is 31.1. The Labute approximate surface area is 168 Å². The van der Waals surface area contributed by atoms with Gasteiger partial charge in [-0.05, 0) is 17.5 Å². The summed E-state index contributed by atoms with van der Waals surface area (Å²) in [6, 6.07) is 19.6. The Balaban J connectivity index is 1.91. The molecule has 0 bridgehead atoms. The summed E-state index contributed by atoms with van der Waals surface area (Å²) < 4.78 is 4.78. The Kier molecular flexibility index (Phi) is 5.16. The van der Waals surface area contributed by atoms with Crippen LogP contribution < -0.4 is 11.2 Å². The zero-order valence-electron chi connectivity index (χ0n) is 16.7. The fourth-order valence-electron chi connectivity index (χ4n) is 3.67. The molecule has 0 aliphatic carbocycles. The van der Waals surface area contributed by atoms with Crippen LogP contribution in [0.1, 0.15) is 30.3 Å². The fraction of sp³-hybridized carbons (Fsp3) is 0.261. The van der Waals surface area contributed by atoms with Crippen molar-refractivity contribution in [3.8, 4) is 0 Å². The summed E-state index contributed by atoms with van der Waals surface area (Å²) in [5, 5.41) is 0. The molecule has 148 valence electrons. The van der Waals surface area contributed by atoms with Gasteiger partial charge in [-0.25, -0.2) is 9.78 Å². The van der Waals surface area contributed by atoms with Gasteiger partial charge in [-0.1, -0.05) is 67.6 Å². The topological polar surface area (TPSA) is 61.8 Å². The van der Waals surface area contributed by atoms with E-state index < -0.39 is 0 Å². The quantitative estimate of drug-likeness (QED) is 0.510. The second-order valence-electron chi connectivity index (χ2n) is 7.23. The van der Waals surface area contributed by atoms with E-state index >= 15 is 0 Å². The highest BCUT2D eigenvalue weighted by Gasteiger charge is 2.20. The summed E-state index contributed by atoms with van der Waals surface area (Å²) in [5.41, 5.74) is 2.37. The van der Waals surface area contributed by atoms with Crippen molar-refractivity contribution in [2.45, 2.75) is 32.9 Å². The molecule has 0 saturated carbocycles. The van der Waals surface area contributed by atoms with Gasteiger partial charge in [0.1, 0.15) is 5.82 Å². The summed E-state index contributed by atoms with van der Waals surface area (Å²) in [5.74, 6) is 0.769. The zero-order chi connectivity index (χ0) is 20.4. The molecule has 0 saturated heterocycles. The molecule has 2 aromatic heterocycles. The molecule has 0 fully saturated rings. The molecular weight excluding hydrogens is 364 g/mol. The Morgan fingerprint density at radius 3 is 2.10 bits per heavy atom. The predicted octanol–water partition coefficient (Wildman–Crippen LogP) is 2.95. The van der Waals surface area contributed by atoms with Gasteiger partial charge >= 0.3 is 5.69 Å². The number of nitrogens with zero attached hydrogens (tertiary/aromatic N) is 4. The van der Waals surface area contributed by atoms with Crippen molar-refractivity contribution in [2.24, 2.45) is 7.05 Å². The second-order valence-corrected chi connectivity index (χ2v) is 7.23. The van der Waals surface area contributed by atoms with Crippen molar-refractivity contribution in [1.29, 1.82) is 0 Å². The van der Waals surface area contributed by atoms with Gasteiger partial charge in [-0.2, -0.15) is 0 Å². The molecule has 29 heavy (non-hydrogen) atoms. The van der Waals surface area contributed by atoms with E-state index in [1.54, 1.807) is 4.57 Å². The summed E-state index contributed by atoms with van der Waals surface area (Å²) in [6.07, 6.45) is 1.38. The Hall–Kier alpha value is -3.41. The number of fused-ring (bicyclic) bond motifs is 1. The van der Waals surface area contributed by atoms with E-state index in [1.165, 1.54) is 4.57 Å². The molecule has 0 unspecified atom stereocenters. The van der Waals surface area contributed by atoms with Crippen LogP contribution in [0, 0.1) is 0 Å². The minimum atomic E-state index is -0.308. The van der Waals surface area contributed by atoms with Crippen LogP contribution in [0.2, 0.25) is 0 Å². The normalized spacial score (nSPS) is 11.2. The Morgan fingerprint density at radius 1 is 0.862 bits per heavy atom. The van der Waals surface area contributed by atoms with Crippen LogP contribution in [-0.4, -0.2) is 18.7 Å². The van der Waals surface area contributed by atoms with Gasteiger partial charge in [0.2, 0.25) is 0 Å². The summed E-state index contributed by atoms with van der Waals surface area (Å²) in [6.45, 7) is 2.78. The third-order valence-electron chi connectivity index (χ3n) is 5.17. The number of hydrogen-bond donors (Lipinski definition) is 0. The first-order chi connectivity index (χ1) is 14.1. The maximum atomic E-state index is 13.3. The van der Waals surface area contributed by atoms with Crippen LogP contribution in [-0.2, 0) is 26.6 Å². The van der Waals surface area contributed by atoms with Crippen LogP contribution in [0.5, 0.6) is 0 Å². The maximum absolute atomic E-state index is 13.3. The molecule has 4 rings (SSSR count). The van der Waals surface area contributed by atoms with Crippen LogP contribution in [0.3, 0.4) is 0 Å². The smallest absolute Gasteiger partial charge is 0.325 e. The highest BCUT2D eigenvalue weighted by Crippen LogP contribution is 2.14. The van der Waals surface area contributed by atoms with Crippen molar-refractivity contribution < 1.29 is 0 Å². The zero-order valence-corrected chi connectivity index (χ0v) is 16.7. The molecule has 0 amide bonds. The number of imidazole rings is 1. The van der Waals surface area contributed by atoms with Gasteiger partial charge in [0.25, 0.3) is 5.56 Å². The molecule has 0 N–H and O–H groups in total. The number of hydrogen-bond acceptors (Lipinski definition) is 3. The average molecular weight is 388 g/mol. The molecule has 2 aromatic carbocycles. The third-order valence-corrected chi connectivity index (χ3v) is 5.17. The first-order valence-electron chi connectivity index (χ1n) is 9.87. The van der Waals surface area contributed by atoms with E-state index in [4.69, 9.17) is 4.98 Å². The summed E-state index contributed by atoms with van der Waals surface area (Å²) in [7, 11) is 1.85. The first kappa shape index (κ1) is 18.9. The lowest BCUT2D eigenvalue weighted by atomic mass is 10.1. The van der Waals surface area contributed by atoms with Crippen molar-refractivity contribution in [2.75, 3.05) is 0 Å². The van der Waals surface area contributed by atoms with Crippen molar-refractivity contribution in [3.05, 3.63) is 98.5 Å². The molecular formula is C23H24N4O2. The number of benzene rings is 2. The Bertz CT molecular complexity index is 1250. The second kappa shape index (κ2) is 7.91. The van der Waals surface area contributed by atoms with E-state index in [0.29, 0.717) is 24.1 Å². The monoisotopic (exact) mass is 388 g/mol. The Morgan fingerprint density at radius 2 is 1.48 bits per heavy atom. The number of aryl methyl sites for hydroxylation is 2. The standard InChI is InChI=1S/C23H24N4O2/c1-3-14-26-21-20(25(2)19(24-21)15-17-10-6-4-7-11-17)22(28)27(23(26)29)16-18-12-8-5-9-13-18/h4-13H,3,14-16H2,1-2H3. The third kappa shape index (κ3) is 3.53. The van der Waals surface area contributed by atoms with Crippen molar-refractivity contribution in [1.82, 2.24) is 18.7 Å². The van der Waals surface area contributed by atoms with E-state index in [9.17, 15) is 9.59 Å². The minimum absolute atomic E-state index is 0.247. The minimum Gasteiger partial charge on any atom is -0.325 e. The molecule has 0 atom stereocenters. The molecule has 0 radical (unpaired) electrons. The van der Waals surface area contributed by atoms with Crippen LogP contribution in [0.25, 0.3) is 11.2 Å². The molecule has 0 aliphatic rings. The molecule has 6 nitrogen and oxygen atoms in total. The first-order valence-corrected chi connectivity index (χ1v) is 9.87. The predicted molar refractivity (Wildman–Crippen MR) is 114 cm³/mol. The van der Waals surface area contributed by atoms with Crippen LogP contribution >= 0.6 is 0 Å². The van der Waals surface area contributed by atoms with Gasteiger partial charge < -0.3 is 4.57 Å². The molecule has 0 aliphatic heterocycles. The van der Waals surface area contributed by atoms with Gasteiger partial charge in [0.05, 0.1) is 6.54 Å². The lowest BCUT2D eigenvalue weighted by Crippen LogP contribution is -2.40. The molecule has 4 aromatic rings. The summed E-state index contributed by atoms with van der Waals surface area (Å²) >= 11 is 0. The molecule has 2 heterocycles. The van der Waals surface area contributed by atoms with Crippen molar-refractivity contribution in [3.63, 3.8) is 0 Å². The van der Waals surface area contributed by atoms with Crippen LogP contribution in [0.15, 0.2) is 70.3 Å². The molecule has 0 spiro atoms. The van der Waals surface area contributed by atoms with Gasteiger partial charge in [-0.3, -0.25) is 13.9 Å². The van der Waals surface area contributed by atoms with Crippen molar-refractivity contribution >= 4 is 11.2 Å². The largest absolute Gasteiger partial charge is 0.333 e. The average Bonchev–Trinajstić information content (AvgIpc) is 3.06. The highest BCUT2D eigenvalue weighted by molar-refractivity contribution is 5.71. The van der Waals surface area contributed by atoms with E-state index in [0.717, 1.165) is 23.4 Å². The van der Waals surface area contributed by atoms with E-state index in [-0.39, 0.29) is 17.8 Å².